The van der Waals surface area contributed by atoms with E-state index in [-0.39, 0.29) is 16.9 Å². The molecule has 2 aromatic carbocycles. The van der Waals surface area contributed by atoms with E-state index in [1.807, 2.05) is 30.3 Å². The van der Waals surface area contributed by atoms with E-state index in [9.17, 15) is 9.59 Å². The van der Waals surface area contributed by atoms with Gasteiger partial charge in [0, 0.05) is 16.8 Å². The van der Waals surface area contributed by atoms with Gasteiger partial charge in [0.15, 0.2) is 11.6 Å². The summed E-state index contributed by atoms with van der Waals surface area (Å²) in [7, 11) is 0. The molecule has 0 saturated carbocycles. The number of hydrogen-bond acceptors (Lipinski definition) is 5. The van der Waals surface area contributed by atoms with Crippen LogP contribution in [-0.2, 0) is 4.79 Å². The maximum atomic E-state index is 12.3. The smallest absolute Gasteiger partial charge is 0.237 e. The fourth-order valence-electron chi connectivity index (χ4n) is 2.27. The first-order valence-corrected chi connectivity index (χ1v) is 8.97. The van der Waals surface area contributed by atoms with Crippen LogP contribution < -0.4 is 5.32 Å². The van der Waals surface area contributed by atoms with Crippen molar-refractivity contribution in [2.75, 3.05) is 5.32 Å². The van der Waals surface area contributed by atoms with Gasteiger partial charge in [0.1, 0.15) is 0 Å². The number of anilines is 1. The number of carbonyl (C=O) groups is 2. The van der Waals surface area contributed by atoms with Crippen LogP contribution in [0.15, 0.2) is 59.8 Å². The highest BCUT2D eigenvalue weighted by Gasteiger charge is 2.17. The molecule has 0 bridgehead atoms. The maximum Gasteiger partial charge on any atom is 0.237 e. The Morgan fingerprint density at radius 2 is 1.77 bits per heavy atom. The lowest BCUT2D eigenvalue weighted by Gasteiger charge is -2.10. The molecule has 0 aliphatic heterocycles. The summed E-state index contributed by atoms with van der Waals surface area (Å²) in [6.45, 7) is 3.30. The number of nitrogens with one attached hydrogen (secondary N) is 2. The number of rotatable bonds is 6. The molecule has 0 fully saturated rings. The summed E-state index contributed by atoms with van der Waals surface area (Å²) in [6.07, 6.45) is 0. The molecule has 2 N–H and O–H groups in total. The van der Waals surface area contributed by atoms with Crippen LogP contribution >= 0.6 is 11.8 Å². The van der Waals surface area contributed by atoms with Crippen LogP contribution in [0, 0.1) is 0 Å². The summed E-state index contributed by atoms with van der Waals surface area (Å²) in [5, 5.41) is 10.0. The van der Waals surface area contributed by atoms with Gasteiger partial charge in [-0.1, -0.05) is 42.1 Å². The number of ketones is 1. The van der Waals surface area contributed by atoms with Crippen molar-refractivity contribution >= 4 is 29.1 Å². The second kappa shape index (κ2) is 7.97. The van der Waals surface area contributed by atoms with Crippen LogP contribution in [0.4, 0.5) is 5.69 Å². The summed E-state index contributed by atoms with van der Waals surface area (Å²) >= 11 is 1.27. The molecular formula is C19H18N4O2S. The number of amides is 1. The average molecular weight is 366 g/mol. The van der Waals surface area contributed by atoms with Gasteiger partial charge in [-0.25, -0.2) is 4.98 Å². The van der Waals surface area contributed by atoms with Crippen molar-refractivity contribution < 1.29 is 9.59 Å². The van der Waals surface area contributed by atoms with Gasteiger partial charge in [0.2, 0.25) is 11.1 Å². The van der Waals surface area contributed by atoms with E-state index in [0.717, 1.165) is 5.56 Å². The third-order valence-corrected chi connectivity index (χ3v) is 4.68. The van der Waals surface area contributed by atoms with E-state index < -0.39 is 0 Å². The molecule has 0 unspecified atom stereocenters. The first-order chi connectivity index (χ1) is 12.5. The van der Waals surface area contributed by atoms with Gasteiger partial charge in [-0.15, -0.1) is 5.10 Å². The first kappa shape index (κ1) is 17.9. The Morgan fingerprint density at radius 3 is 2.42 bits per heavy atom. The number of benzene rings is 2. The molecule has 7 heteroatoms. The molecule has 0 saturated heterocycles. The zero-order valence-corrected chi connectivity index (χ0v) is 15.2. The lowest BCUT2D eigenvalue weighted by Crippen LogP contribution is -2.22. The van der Waals surface area contributed by atoms with Crippen LogP contribution in [0.25, 0.3) is 11.4 Å². The fourth-order valence-corrected chi connectivity index (χ4v) is 2.99. The van der Waals surface area contributed by atoms with E-state index in [0.29, 0.717) is 22.2 Å². The SMILES string of the molecule is CC(=O)c1ccc(NC(=O)[C@@H](C)Sc2n[nH]c(-c3ccccc3)n2)cc1. The Bertz CT molecular complexity index is 907. The number of nitrogens with zero attached hydrogens (tertiary/aromatic N) is 2. The lowest BCUT2D eigenvalue weighted by atomic mass is 10.1. The molecule has 0 aliphatic rings. The van der Waals surface area contributed by atoms with Gasteiger partial charge in [-0.3, -0.25) is 14.7 Å². The third-order valence-electron chi connectivity index (χ3n) is 3.72. The van der Waals surface area contributed by atoms with Crippen molar-refractivity contribution in [2.45, 2.75) is 24.3 Å². The van der Waals surface area contributed by atoms with Crippen LogP contribution in [0.3, 0.4) is 0 Å². The van der Waals surface area contributed by atoms with Crippen LogP contribution in [-0.4, -0.2) is 32.1 Å². The van der Waals surface area contributed by atoms with Crippen molar-refractivity contribution in [1.82, 2.24) is 15.2 Å². The quantitative estimate of drug-likeness (QED) is 0.512. The molecule has 0 spiro atoms. The number of aromatic nitrogens is 3. The lowest BCUT2D eigenvalue weighted by molar-refractivity contribution is -0.115. The van der Waals surface area contributed by atoms with E-state index in [4.69, 9.17) is 0 Å². The van der Waals surface area contributed by atoms with Gasteiger partial charge in [-0.05, 0) is 38.1 Å². The highest BCUT2D eigenvalue weighted by atomic mass is 32.2. The minimum atomic E-state index is -0.373. The fraction of sp³-hybridized carbons (Fsp3) is 0.158. The molecule has 1 amide bonds. The molecular weight excluding hydrogens is 348 g/mol. The number of carbonyl (C=O) groups excluding carboxylic acids is 2. The first-order valence-electron chi connectivity index (χ1n) is 8.09. The van der Waals surface area contributed by atoms with Crippen LogP contribution in [0.1, 0.15) is 24.2 Å². The minimum Gasteiger partial charge on any atom is -0.325 e. The van der Waals surface area contributed by atoms with E-state index >= 15 is 0 Å². The largest absolute Gasteiger partial charge is 0.325 e. The normalized spacial score (nSPS) is 11.8. The van der Waals surface area contributed by atoms with Crippen molar-refractivity contribution in [1.29, 1.82) is 0 Å². The molecule has 26 heavy (non-hydrogen) atoms. The summed E-state index contributed by atoms with van der Waals surface area (Å²) in [6, 6.07) is 16.5. The number of hydrogen-bond donors (Lipinski definition) is 2. The molecule has 1 atom stereocenters. The number of aromatic amines is 1. The Balaban J connectivity index is 1.61. The van der Waals surface area contributed by atoms with Gasteiger partial charge in [-0.2, -0.15) is 0 Å². The average Bonchev–Trinajstić information content (AvgIpc) is 3.11. The molecule has 0 radical (unpaired) electrons. The molecule has 3 aromatic rings. The maximum absolute atomic E-state index is 12.3. The Morgan fingerprint density at radius 1 is 1.08 bits per heavy atom. The summed E-state index contributed by atoms with van der Waals surface area (Å²) < 4.78 is 0. The Hall–Kier alpha value is -2.93. The highest BCUT2D eigenvalue weighted by molar-refractivity contribution is 8.00. The van der Waals surface area contributed by atoms with Gasteiger partial charge < -0.3 is 5.32 Å². The zero-order valence-electron chi connectivity index (χ0n) is 14.4. The molecule has 3 rings (SSSR count). The van der Waals surface area contributed by atoms with Gasteiger partial charge in [0.05, 0.1) is 5.25 Å². The molecule has 1 heterocycles. The number of H-pyrrole nitrogens is 1. The predicted octanol–water partition coefficient (Wildman–Crippen LogP) is 3.79. The third kappa shape index (κ3) is 4.37. The van der Waals surface area contributed by atoms with E-state index in [2.05, 4.69) is 20.5 Å². The van der Waals surface area contributed by atoms with Crippen molar-refractivity contribution in [3.05, 3.63) is 60.2 Å². The Kier molecular flexibility index (Phi) is 5.48. The van der Waals surface area contributed by atoms with Crippen molar-refractivity contribution in [3.8, 4) is 11.4 Å². The second-order valence-corrected chi connectivity index (χ2v) is 7.02. The number of Topliss-reactive ketones (excluding diaryl/α,β-unsaturated/α-hetero) is 1. The molecule has 0 aliphatic carbocycles. The highest BCUT2D eigenvalue weighted by Crippen LogP contribution is 2.23. The molecule has 1 aromatic heterocycles. The Labute approximate surface area is 155 Å². The summed E-state index contributed by atoms with van der Waals surface area (Å²) in [5.41, 5.74) is 2.20. The topological polar surface area (TPSA) is 87.7 Å². The summed E-state index contributed by atoms with van der Waals surface area (Å²) in [5.74, 6) is 0.503. The van der Waals surface area contributed by atoms with Crippen LogP contribution in [0.2, 0.25) is 0 Å². The van der Waals surface area contributed by atoms with Gasteiger partial charge in [0.25, 0.3) is 0 Å². The second-order valence-electron chi connectivity index (χ2n) is 5.72. The predicted molar refractivity (Wildman–Crippen MR) is 102 cm³/mol. The van der Waals surface area contributed by atoms with Crippen LogP contribution in [0.5, 0.6) is 0 Å². The van der Waals surface area contributed by atoms with Crippen molar-refractivity contribution in [3.63, 3.8) is 0 Å². The molecule has 6 nitrogen and oxygen atoms in total. The molecule has 132 valence electrons. The monoisotopic (exact) mass is 366 g/mol. The van der Waals surface area contributed by atoms with Crippen molar-refractivity contribution in [2.24, 2.45) is 0 Å². The van der Waals surface area contributed by atoms with E-state index in [1.165, 1.54) is 18.7 Å². The summed E-state index contributed by atoms with van der Waals surface area (Å²) in [4.78, 5) is 28.1. The number of thioether (sulfide) groups is 1. The standard InChI is InChI=1S/C19H18N4O2S/c1-12(24)14-8-10-16(11-9-14)20-18(25)13(2)26-19-21-17(22-23-19)15-6-4-3-5-7-15/h3-11,13H,1-2H3,(H,20,25)(H,21,22,23)/t13-/m1/s1. The minimum absolute atomic E-state index is 0.00868. The van der Waals surface area contributed by atoms with E-state index in [1.54, 1.807) is 31.2 Å². The van der Waals surface area contributed by atoms with Gasteiger partial charge >= 0.3 is 0 Å². The zero-order chi connectivity index (χ0) is 18.5.